The maximum atomic E-state index is 13.2. The van der Waals surface area contributed by atoms with Crippen LogP contribution < -0.4 is 11.1 Å². The van der Waals surface area contributed by atoms with Gasteiger partial charge < -0.3 is 16.2 Å². The van der Waals surface area contributed by atoms with Crippen LogP contribution in [0.3, 0.4) is 0 Å². The van der Waals surface area contributed by atoms with Gasteiger partial charge in [-0.15, -0.1) is 0 Å². The van der Waals surface area contributed by atoms with E-state index < -0.39 is 23.2 Å². The van der Waals surface area contributed by atoms with Gasteiger partial charge in [-0.1, -0.05) is 0 Å². The Labute approximate surface area is 109 Å². The number of halogens is 1. The molecule has 1 aromatic rings. The summed E-state index contributed by atoms with van der Waals surface area (Å²) in [7, 11) is 0. The third-order valence-corrected chi connectivity index (χ3v) is 3.37. The Morgan fingerprint density at radius 1 is 1.47 bits per heavy atom. The summed E-state index contributed by atoms with van der Waals surface area (Å²) in [5.74, 6) is -2.26. The zero-order valence-electron chi connectivity index (χ0n) is 10.4. The first-order chi connectivity index (χ1) is 8.82. The van der Waals surface area contributed by atoms with Crippen molar-refractivity contribution in [2.24, 2.45) is 11.7 Å². The van der Waals surface area contributed by atoms with Crippen molar-refractivity contribution in [1.82, 2.24) is 0 Å². The molecule has 0 radical (unpaired) electrons. The van der Waals surface area contributed by atoms with Crippen LogP contribution in [0, 0.1) is 11.7 Å². The molecular weight excluding hydrogens is 251 g/mol. The van der Waals surface area contributed by atoms with E-state index in [0.717, 1.165) is 31.0 Å². The molecule has 2 rings (SSSR count). The Hall–Kier alpha value is -1.95. The van der Waals surface area contributed by atoms with Gasteiger partial charge in [-0.05, 0) is 43.9 Å². The van der Waals surface area contributed by atoms with E-state index in [1.54, 1.807) is 6.92 Å². The Morgan fingerprint density at radius 3 is 2.63 bits per heavy atom. The van der Waals surface area contributed by atoms with Crippen molar-refractivity contribution in [2.75, 3.05) is 5.32 Å². The number of nitrogens with one attached hydrogen (secondary N) is 1. The Morgan fingerprint density at radius 2 is 2.11 bits per heavy atom. The van der Waals surface area contributed by atoms with Crippen molar-refractivity contribution >= 4 is 17.6 Å². The molecule has 1 atom stereocenters. The number of amides is 1. The predicted molar refractivity (Wildman–Crippen MR) is 67.3 cm³/mol. The second-order valence-electron chi connectivity index (χ2n) is 5.01. The van der Waals surface area contributed by atoms with E-state index in [0.29, 0.717) is 0 Å². The molecule has 1 unspecified atom stereocenters. The first-order valence-electron chi connectivity index (χ1n) is 5.95. The first kappa shape index (κ1) is 13.5. The van der Waals surface area contributed by atoms with Crippen molar-refractivity contribution in [3.8, 4) is 0 Å². The molecule has 5 nitrogen and oxygen atoms in total. The summed E-state index contributed by atoms with van der Waals surface area (Å²) in [6.45, 7) is 1.60. The molecule has 1 saturated carbocycles. The van der Waals surface area contributed by atoms with Crippen molar-refractivity contribution in [3.05, 3.63) is 29.6 Å². The number of nitrogens with two attached hydrogens (primary N) is 1. The van der Waals surface area contributed by atoms with Gasteiger partial charge in [0.25, 0.3) is 0 Å². The molecule has 1 aromatic carbocycles. The molecule has 6 heteroatoms. The summed E-state index contributed by atoms with van der Waals surface area (Å²) in [6.07, 6.45) is 1.74. The zero-order valence-corrected chi connectivity index (χ0v) is 10.4. The van der Waals surface area contributed by atoms with E-state index in [1.807, 2.05) is 0 Å². The minimum atomic E-state index is -1.24. The van der Waals surface area contributed by atoms with Crippen molar-refractivity contribution in [3.63, 3.8) is 0 Å². The maximum absolute atomic E-state index is 13.2. The summed E-state index contributed by atoms with van der Waals surface area (Å²) >= 11 is 0. The molecular formula is C13H15FN2O3. The highest BCUT2D eigenvalue weighted by Gasteiger charge is 2.44. The van der Waals surface area contributed by atoms with Gasteiger partial charge >= 0.3 is 5.97 Å². The van der Waals surface area contributed by atoms with Gasteiger partial charge in [0.05, 0.1) is 16.8 Å². The van der Waals surface area contributed by atoms with Gasteiger partial charge in [0, 0.05) is 0 Å². The lowest BCUT2D eigenvalue weighted by Gasteiger charge is -2.23. The van der Waals surface area contributed by atoms with Gasteiger partial charge in [0.1, 0.15) is 5.82 Å². The largest absolute Gasteiger partial charge is 0.478 e. The summed E-state index contributed by atoms with van der Waals surface area (Å²) in [5.41, 5.74) is 4.62. The quantitative estimate of drug-likeness (QED) is 0.771. The zero-order chi connectivity index (χ0) is 14.2. The molecule has 0 bridgehead atoms. The lowest BCUT2D eigenvalue weighted by atomic mass is 9.96. The van der Waals surface area contributed by atoms with Crippen LogP contribution in [0.15, 0.2) is 18.2 Å². The van der Waals surface area contributed by atoms with Crippen molar-refractivity contribution in [2.45, 2.75) is 25.3 Å². The van der Waals surface area contributed by atoms with Gasteiger partial charge in [-0.3, -0.25) is 4.79 Å². The Bertz CT molecular complexity index is 539. The Kier molecular flexibility index (Phi) is 3.28. The molecule has 4 N–H and O–H groups in total. The predicted octanol–water partition coefficient (Wildman–Crippen LogP) is 1.59. The van der Waals surface area contributed by atoms with Crippen LogP contribution in [0.4, 0.5) is 10.1 Å². The SMILES string of the molecule is CC(N)(C(=O)Nc1cc(F)ccc1C(=O)O)C1CC1. The molecule has 0 saturated heterocycles. The van der Waals surface area contributed by atoms with E-state index in [-0.39, 0.29) is 17.2 Å². The smallest absolute Gasteiger partial charge is 0.337 e. The molecule has 0 heterocycles. The first-order valence-corrected chi connectivity index (χ1v) is 5.95. The number of benzene rings is 1. The molecule has 1 aliphatic rings. The van der Waals surface area contributed by atoms with E-state index in [9.17, 15) is 14.0 Å². The van der Waals surface area contributed by atoms with E-state index >= 15 is 0 Å². The summed E-state index contributed by atoms with van der Waals surface area (Å²) in [4.78, 5) is 23.1. The van der Waals surface area contributed by atoms with Gasteiger partial charge in [0.2, 0.25) is 5.91 Å². The minimum absolute atomic E-state index is 0.0742. The van der Waals surface area contributed by atoms with Crippen LogP contribution in [-0.4, -0.2) is 22.5 Å². The van der Waals surface area contributed by atoms with Crippen LogP contribution >= 0.6 is 0 Å². The number of carboxylic acid groups (broad SMARTS) is 1. The molecule has 0 aliphatic heterocycles. The number of aromatic carboxylic acids is 1. The number of hydrogen-bond acceptors (Lipinski definition) is 3. The summed E-state index contributed by atoms with van der Waals surface area (Å²) in [5, 5.41) is 11.4. The van der Waals surface area contributed by atoms with Crippen molar-refractivity contribution < 1.29 is 19.1 Å². The monoisotopic (exact) mass is 266 g/mol. The van der Waals surface area contributed by atoms with Gasteiger partial charge in [-0.2, -0.15) is 0 Å². The lowest BCUT2D eigenvalue weighted by molar-refractivity contribution is -0.121. The second-order valence-corrected chi connectivity index (χ2v) is 5.01. The summed E-state index contributed by atoms with van der Waals surface area (Å²) < 4.78 is 13.2. The fraction of sp³-hybridized carbons (Fsp3) is 0.385. The van der Waals surface area contributed by atoms with E-state index in [1.165, 1.54) is 0 Å². The summed E-state index contributed by atoms with van der Waals surface area (Å²) in [6, 6.07) is 3.12. The van der Waals surface area contributed by atoms with Crippen LogP contribution in [-0.2, 0) is 4.79 Å². The van der Waals surface area contributed by atoms with E-state index in [2.05, 4.69) is 5.32 Å². The fourth-order valence-electron chi connectivity index (χ4n) is 1.93. The standard InChI is InChI=1S/C13H15FN2O3/c1-13(15,7-2-3-7)12(19)16-10-6-8(14)4-5-9(10)11(17)18/h4-7H,2-3,15H2,1H3,(H,16,19)(H,17,18). The highest BCUT2D eigenvalue weighted by atomic mass is 19.1. The number of carboxylic acids is 1. The molecule has 19 heavy (non-hydrogen) atoms. The highest BCUT2D eigenvalue weighted by molar-refractivity contribution is 6.03. The molecule has 0 spiro atoms. The average Bonchev–Trinajstić information content (AvgIpc) is 3.12. The maximum Gasteiger partial charge on any atom is 0.337 e. The number of anilines is 1. The average molecular weight is 266 g/mol. The van der Waals surface area contributed by atoms with Gasteiger partial charge in [-0.25, -0.2) is 9.18 Å². The molecule has 102 valence electrons. The van der Waals surface area contributed by atoms with Crippen LogP contribution in [0.1, 0.15) is 30.1 Å². The van der Waals surface area contributed by atoms with Gasteiger partial charge in [0.15, 0.2) is 0 Å². The molecule has 1 aliphatic carbocycles. The Balaban J connectivity index is 2.25. The number of carbonyl (C=O) groups is 2. The van der Waals surface area contributed by atoms with E-state index in [4.69, 9.17) is 10.8 Å². The van der Waals surface area contributed by atoms with Crippen LogP contribution in [0.25, 0.3) is 0 Å². The topological polar surface area (TPSA) is 92.4 Å². The third-order valence-electron chi connectivity index (χ3n) is 3.37. The molecule has 1 fully saturated rings. The minimum Gasteiger partial charge on any atom is -0.478 e. The fourth-order valence-corrected chi connectivity index (χ4v) is 1.93. The number of hydrogen-bond donors (Lipinski definition) is 3. The number of carbonyl (C=O) groups excluding carboxylic acids is 1. The molecule has 1 amide bonds. The van der Waals surface area contributed by atoms with Crippen LogP contribution in [0.5, 0.6) is 0 Å². The lowest BCUT2D eigenvalue weighted by Crippen LogP contribution is -2.50. The van der Waals surface area contributed by atoms with Crippen LogP contribution in [0.2, 0.25) is 0 Å². The second kappa shape index (κ2) is 4.62. The highest BCUT2D eigenvalue weighted by Crippen LogP contribution is 2.38. The number of rotatable bonds is 4. The van der Waals surface area contributed by atoms with Crippen molar-refractivity contribution in [1.29, 1.82) is 0 Å². The normalized spacial score (nSPS) is 17.6. The third kappa shape index (κ3) is 2.73. The molecule has 0 aromatic heterocycles.